The average molecular weight is 243 g/mol. The minimum Gasteiger partial charge on any atom is -0.496 e. The molecule has 0 saturated carbocycles. The Morgan fingerprint density at radius 3 is 2.54 bits per heavy atom. The monoisotopic (exact) mass is 242 g/mol. The first-order valence-corrected chi connectivity index (χ1v) is 4.71. The normalized spacial score (nSPS) is 9.85. The number of rotatable bonds is 2. The van der Waals surface area contributed by atoms with Crippen LogP contribution in [0.2, 0.25) is 0 Å². The van der Waals surface area contributed by atoms with Gasteiger partial charge in [-0.25, -0.2) is 0 Å². The number of Topliss-reactive ketones (excluding diaryl/α,β-unsaturated/α-hetero) is 1. The van der Waals surface area contributed by atoms with Crippen LogP contribution in [-0.4, -0.2) is 12.9 Å². The number of methoxy groups -OCH3 is 1. The highest BCUT2D eigenvalue weighted by molar-refractivity contribution is 9.10. The van der Waals surface area contributed by atoms with Crippen molar-refractivity contribution in [3.8, 4) is 5.75 Å². The van der Waals surface area contributed by atoms with E-state index in [9.17, 15) is 4.79 Å². The zero-order valence-electron chi connectivity index (χ0n) is 7.85. The maximum absolute atomic E-state index is 11.2. The van der Waals surface area contributed by atoms with Gasteiger partial charge in [0.25, 0.3) is 0 Å². The SMILES string of the molecule is COc1c(C(C)=O)ccc(Br)c1C. The van der Waals surface area contributed by atoms with E-state index < -0.39 is 0 Å². The third-order valence-corrected chi connectivity index (χ3v) is 2.78. The summed E-state index contributed by atoms with van der Waals surface area (Å²) in [6, 6.07) is 3.62. The van der Waals surface area contributed by atoms with Gasteiger partial charge in [-0.1, -0.05) is 15.9 Å². The van der Waals surface area contributed by atoms with Crippen molar-refractivity contribution in [2.75, 3.05) is 7.11 Å². The molecule has 0 atom stereocenters. The topological polar surface area (TPSA) is 26.3 Å². The largest absolute Gasteiger partial charge is 0.496 e. The van der Waals surface area contributed by atoms with E-state index in [1.807, 2.05) is 13.0 Å². The van der Waals surface area contributed by atoms with Crippen LogP contribution in [0.3, 0.4) is 0 Å². The second-order valence-corrected chi connectivity index (χ2v) is 3.66. The first kappa shape index (κ1) is 10.3. The molecule has 0 amide bonds. The number of ketones is 1. The summed E-state index contributed by atoms with van der Waals surface area (Å²) in [4.78, 5) is 11.2. The first-order chi connectivity index (χ1) is 6.07. The van der Waals surface area contributed by atoms with E-state index in [0.717, 1.165) is 10.0 Å². The van der Waals surface area contributed by atoms with Crippen LogP contribution in [-0.2, 0) is 0 Å². The second-order valence-electron chi connectivity index (χ2n) is 2.81. The third kappa shape index (κ3) is 1.91. The molecule has 1 rings (SSSR count). The van der Waals surface area contributed by atoms with Crippen molar-refractivity contribution < 1.29 is 9.53 Å². The van der Waals surface area contributed by atoms with Gasteiger partial charge in [-0.3, -0.25) is 4.79 Å². The van der Waals surface area contributed by atoms with Crippen LogP contribution < -0.4 is 4.74 Å². The lowest BCUT2D eigenvalue weighted by Crippen LogP contribution is -1.99. The highest BCUT2D eigenvalue weighted by Crippen LogP contribution is 2.29. The van der Waals surface area contributed by atoms with Crippen LogP contribution in [0.4, 0.5) is 0 Å². The van der Waals surface area contributed by atoms with Gasteiger partial charge >= 0.3 is 0 Å². The molecular weight excluding hydrogens is 232 g/mol. The summed E-state index contributed by atoms with van der Waals surface area (Å²) in [5.74, 6) is 0.675. The highest BCUT2D eigenvalue weighted by Gasteiger charge is 2.11. The Kier molecular flexibility index (Phi) is 3.09. The molecule has 0 radical (unpaired) electrons. The highest BCUT2D eigenvalue weighted by atomic mass is 79.9. The van der Waals surface area contributed by atoms with Crippen LogP contribution in [0.5, 0.6) is 5.75 Å². The zero-order chi connectivity index (χ0) is 10.0. The fourth-order valence-electron chi connectivity index (χ4n) is 1.21. The molecule has 0 fully saturated rings. The smallest absolute Gasteiger partial charge is 0.163 e. The summed E-state index contributed by atoms with van der Waals surface area (Å²) in [6.07, 6.45) is 0. The van der Waals surface area contributed by atoms with E-state index in [1.165, 1.54) is 6.92 Å². The van der Waals surface area contributed by atoms with Gasteiger partial charge in [0.15, 0.2) is 5.78 Å². The van der Waals surface area contributed by atoms with Crippen molar-refractivity contribution in [1.29, 1.82) is 0 Å². The average Bonchev–Trinajstić information content (AvgIpc) is 2.09. The summed E-state index contributed by atoms with van der Waals surface area (Å²) < 4.78 is 6.12. The standard InChI is InChI=1S/C10H11BrO2/c1-6-9(11)5-4-8(7(2)12)10(6)13-3/h4-5H,1-3H3. The summed E-state index contributed by atoms with van der Waals surface area (Å²) in [5.41, 5.74) is 1.58. The molecule has 13 heavy (non-hydrogen) atoms. The molecule has 0 bridgehead atoms. The second kappa shape index (κ2) is 3.92. The molecule has 0 aliphatic rings. The number of halogens is 1. The Morgan fingerprint density at radius 2 is 2.08 bits per heavy atom. The van der Waals surface area contributed by atoms with Gasteiger partial charge in [0.1, 0.15) is 5.75 Å². The lowest BCUT2D eigenvalue weighted by Gasteiger charge is -2.10. The third-order valence-electron chi connectivity index (χ3n) is 1.92. The summed E-state index contributed by atoms with van der Waals surface area (Å²) in [7, 11) is 1.57. The molecular formula is C10H11BrO2. The predicted molar refractivity (Wildman–Crippen MR) is 55.4 cm³/mol. The molecule has 0 unspecified atom stereocenters. The Hall–Kier alpha value is -0.830. The van der Waals surface area contributed by atoms with E-state index in [2.05, 4.69) is 15.9 Å². The Morgan fingerprint density at radius 1 is 1.46 bits per heavy atom. The number of hydrogen-bond donors (Lipinski definition) is 0. The Labute approximate surface area is 86.0 Å². The summed E-state index contributed by atoms with van der Waals surface area (Å²) >= 11 is 3.38. The summed E-state index contributed by atoms with van der Waals surface area (Å²) in [5, 5.41) is 0. The molecule has 1 aromatic rings. The quantitative estimate of drug-likeness (QED) is 0.746. The molecule has 0 aliphatic heterocycles. The van der Waals surface area contributed by atoms with Crippen LogP contribution in [0.15, 0.2) is 16.6 Å². The van der Waals surface area contributed by atoms with Crippen LogP contribution in [0.25, 0.3) is 0 Å². The maximum atomic E-state index is 11.2. The fraction of sp³-hybridized carbons (Fsp3) is 0.300. The molecule has 2 nitrogen and oxygen atoms in total. The lowest BCUT2D eigenvalue weighted by atomic mass is 10.1. The van der Waals surface area contributed by atoms with E-state index in [-0.39, 0.29) is 5.78 Å². The van der Waals surface area contributed by atoms with Gasteiger partial charge in [-0.15, -0.1) is 0 Å². The van der Waals surface area contributed by atoms with Crippen LogP contribution >= 0.6 is 15.9 Å². The van der Waals surface area contributed by atoms with Crippen LogP contribution in [0.1, 0.15) is 22.8 Å². The molecule has 0 aliphatic carbocycles. The number of hydrogen-bond acceptors (Lipinski definition) is 2. The fourth-order valence-corrected chi connectivity index (χ4v) is 1.52. The molecule has 3 heteroatoms. The molecule has 1 aromatic carbocycles. The van der Waals surface area contributed by atoms with Gasteiger partial charge < -0.3 is 4.74 Å². The number of carbonyl (C=O) groups is 1. The van der Waals surface area contributed by atoms with E-state index in [4.69, 9.17) is 4.74 Å². The van der Waals surface area contributed by atoms with Gasteiger partial charge in [0.2, 0.25) is 0 Å². The minimum atomic E-state index is 0.0208. The molecule has 70 valence electrons. The lowest BCUT2D eigenvalue weighted by molar-refractivity contribution is 0.101. The number of ether oxygens (including phenoxy) is 1. The number of carbonyl (C=O) groups excluding carboxylic acids is 1. The van der Waals surface area contributed by atoms with Crippen molar-refractivity contribution >= 4 is 21.7 Å². The summed E-state index contributed by atoms with van der Waals surface area (Å²) in [6.45, 7) is 3.44. The van der Waals surface area contributed by atoms with Gasteiger partial charge in [-0.05, 0) is 26.0 Å². The van der Waals surface area contributed by atoms with Gasteiger partial charge in [0.05, 0.1) is 12.7 Å². The van der Waals surface area contributed by atoms with Crippen molar-refractivity contribution in [3.63, 3.8) is 0 Å². The molecule has 0 N–H and O–H groups in total. The van der Waals surface area contributed by atoms with Crippen molar-refractivity contribution in [2.24, 2.45) is 0 Å². The van der Waals surface area contributed by atoms with Crippen LogP contribution in [0, 0.1) is 6.92 Å². The first-order valence-electron chi connectivity index (χ1n) is 3.92. The van der Waals surface area contributed by atoms with Crippen molar-refractivity contribution in [2.45, 2.75) is 13.8 Å². The number of benzene rings is 1. The maximum Gasteiger partial charge on any atom is 0.163 e. The van der Waals surface area contributed by atoms with E-state index >= 15 is 0 Å². The van der Waals surface area contributed by atoms with Gasteiger partial charge in [0, 0.05) is 10.0 Å². The molecule has 0 saturated heterocycles. The van der Waals surface area contributed by atoms with Gasteiger partial charge in [-0.2, -0.15) is 0 Å². The van der Waals surface area contributed by atoms with E-state index in [0.29, 0.717) is 11.3 Å². The van der Waals surface area contributed by atoms with Crippen molar-refractivity contribution in [1.82, 2.24) is 0 Å². The minimum absolute atomic E-state index is 0.0208. The molecule has 0 spiro atoms. The Balaban J connectivity index is 3.38. The molecule has 0 heterocycles. The predicted octanol–water partition coefficient (Wildman–Crippen LogP) is 2.97. The van der Waals surface area contributed by atoms with E-state index in [1.54, 1.807) is 13.2 Å². The zero-order valence-corrected chi connectivity index (χ0v) is 9.44. The Bertz CT molecular complexity index is 345. The van der Waals surface area contributed by atoms with Crippen molar-refractivity contribution in [3.05, 3.63) is 27.7 Å². The molecule has 0 aromatic heterocycles.